The summed E-state index contributed by atoms with van der Waals surface area (Å²) in [5.41, 5.74) is 0. The molecule has 0 spiro atoms. The lowest BCUT2D eigenvalue weighted by Crippen LogP contribution is -2.45. The monoisotopic (exact) mass is 310 g/mol. The molecule has 114 valence electrons. The Morgan fingerprint density at radius 1 is 1.15 bits per heavy atom. The van der Waals surface area contributed by atoms with Gasteiger partial charge in [-0.2, -0.15) is 8.42 Å². The predicted molar refractivity (Wildman–Crippen MR) is 59.8 cm³/mol. The lowest BCUT2D eigenvalue weighted by atomic mass is 9.95. The first-order chi connectivity index (χ1) is 9.43. The maximum absolute atomic E-state index is 11.8. The molecule has 1 N–H and O–H groups in total. The highest BCUT2D eigenvalue weighted by atomic mass is 32.2. The highest BCUT2D eigenvalue weighted by Crippen LogP contribution is 2.32. The first-order valence-electron chi connectivity index (χ1n) is 6.12. The molecule has 0 aromatic heterocycles. The fraction of sp³-hybridized carbons (Fsp3) is 0.900. The zero-order valence-corrected chi connectivity index (χ0v) is 11.2. The molecule has 3 saturated heterocycles. The van der Waals surface area contributed by atoms with Crippen molar-refractivity contribution in [3.8, 4) is 0 Å². The van der Waals surface area contributed by atoms with Crippen molar-refractivity contribution in [1.29, 1.82) is 0 Å². The molecule has 3 heterocycles. The van der Waals surface area contributed by atoms with Crippen LogP contribution in [0, 0.1) is 5.92 Å². The number of carbonyl (C=O) groups is 1. The Kier molecular flexibility index (Phi) is 3.58. The molecule has 3 rings (SSSR count). The van der Waals surface area contributed by atoms with Crippen LogP contribution in [0.3, 0.4) is 0 Å². The molecule has 3 fully saturated rings. The van der Waals surface area contributed by atoms with Gasteiger partial charge in [-0.1, -0.05) is 0 Å². The second kappa shape index (κ2) is 5.11. The van der Waals surface area contributed by atoms with E-state index in [4.69, 9.17) is 23.5 Å². The van der Waals surface area contributed by atoms with Gasteiger partial charge in [0.25, 0.3) is 16.6 Å². The van der Waals surface area contributed by atoms with Crippen LogP contribution in [0.2, 0.25) is 0 Å². The van der Waals surface area contributed by atoms with Gasteiger partial charge in [0, 0.05) is 5.92 Å². The quantitative estimate of drug-likeness (QED) is 0.503. The van der Waals surface area contributed by atoms with Gasteiger partial charge in [0.1, 0.15) is 24.9 Å². The van der Waals surface area contributed by atoms with Crippen LogP contribution in [-0.2, 0) is 33.2 Å². The summed E-state index contributed by atoms with van der Waals surface area (Å²) < 4.78 is 48.0. The number of aliphatic hydroxyl groups excluding tert-OH is 1. The van der Waals surface area contributed by atoms with E-state index < -0.39 is 47.0 Å². The van der Waals surface area contributed by atoms with Gasteiger partial charge in [-0.15, -0.1) is 0 Å². The van der Waals surface area contributed by atoms with Gasteiger partial charge in [0.2, 0.25) is 0 Å². The van der Waals surface area contributed by atoms with E-state index in [0.717, 1.165) is 0 Å². The molecule has 20 heavy (non-hydrogen) atoms. The van der Waals surface area contributed by atoms with Gasteiger partial charge in [0.15, 0.2) is 0 Å². The lowest BCUT2D eigenvalue weighted by Gasteiger charge is -2.32. The van der Waals surface area contributed by atoms with E-state index in [1.807, 2.05) is 0 Å². The van der Waals surface area contributed by atoms with Crippen LogP contribution < -0.4 is 0 Å². The van der Waals surface area contributed by atoms with E-state index >= 15 is 0 Å². The third-order valence-electron chi connectivity index (χ3n) is 3.47. The van der Waals surface area contributed by atoms with Crippen LogP contribution in [-0.4, -0.2) is 63.4 Å². The second-order valence-corrected chi connectivity index (χ2v) is 6.53. The molecule has 0 radical (unpaired) electrons. The Morgan fingerprint density at radius 2 is 1.95 bits per heavy atom. The third-order valence-corrected chi connectivity index (χ3v) is 4.85. The third kappa shape index (κ3) is 2.88. The van der Waals surface area contributed by atoms with Crippen molar-refractivity contribution >= 4 is 16.3 Å². The molecular formula is C10H14O9S. The second-order valence-electron chi connectivity index (χ2n) is 4.89. The van der Waals surface area contributed by atoms with Crippen molar-refractivity contribution in [3.63, 3.8) is 0 Å². The molecule has 9 nitrogen and oxygen atoms in total. The normalized spacial score (nSPS) is 44.0. The first kappa shape index (κ1) is 14.0. The van der Waals surface area contributed by atoms with Gasteiger partial charge in [-0.3, -0.25) is 4.18 Å². The minimum absolute atomic E-state index is 0.0242. The van der Waals surface area contributed by atoms with E-state index in [-0.39, 0.29) is 19.0 Å². The molecule has 0 aromatic carbocycles. The number of carbonyl (C=O) groups excluding carboxylic acids is 1. The van der Waals surface area contributed by atoms with Crippen LogP contribution >= 0.6 is 0 Å². The molecule has 0 amide bonds. The highest BCUT2D eigenvalue weighted by Gasteiger charge is 2.45. The summed E-state index contributed by atoms with van der Waals surface area (Å²) >= 11 is 0. The minimum Gasteiger partial charge on any atom is -0.430 e. The summed E-state index contributed by atoms with van der Waals surface area (Å²) in [6.07, 6.45) is -2.57. The van der Waals surface area contributed by atoms with Gasteiger partial charge >= 0.3 is 6.16 Å². The number of hydrogen-bond donors (Lipinski definition) is 1. The average Bonchev–Trinajstić information content (AvgIpc) is 2.96. The molecule has 0 aliphatic carbocycles. The van der Waals surface area contributed by atoms with Gasteiger partial charge in [-0.05, 0) is 6.42 Å². The van der Waals surface area contributed by atoms with Crippen LogP contribution in [0.4, 0.5) is 4.79 Å². The largest absolute Gasteiger partial charge is 0.508 e. The Morgan fingerprint density at radius 3 is 2.55 bits per heavy atom. The van der Waals surface area contributed by atoms with Crippen molar-refractivity contribution < 1.29 is 41.4 Å². The molecule has 5 unspecified atom stereocenters. The van der Waals surface area contributed by atoms with Gasteiger partial charge < -0.3 is 24.1 Å². The SMILES string of the molecule is O=C1OCC(C2CC(C3COC(O)O3)OS(=O)(=O)C2)O1. The number of hydrogen-bond acceptors (Lipinski definition) is 9. The minimum atomic E-state index is -3.75. The molecule has 10 heteroatoms. The van der Waals surface area contributed by atoms with Crippen LogP contribution in [0.5, 0.6) is 0 Å². The molecular weight excluding hydrogens is 296 g/mol. The lowest BCUT2D eigenvalue weighted by molar-refractivity contribution is -0.211. The summed E-state index contributed by atoms with van der Waals surface area (Å²) in [4.78, 5) is 10.9. The maximum Gasteiger partial charge on any atom is 0.508 e. The molecule has 0 bridgehead atoms. The molecule has 3 aliphatic heterocycles. The van der Waals surface area contributed by atoms with E-state index in [9.17, 15) is 13.2 Å². The predicted octanol–water partition coefficient (Wildman–Crippen LogP) is -1.05. The van der Waals surface area contributed by atoms with Crippen molar-refractivity contribution in [3.05, 3.63) is 0 Å². The molecule has 3 aliphatic rings. The number of cyclic esters (lactones) is 2. The summed E-state index contributed by atoms with van der Waals surface area (Å²) in [5, 5.41) is 9.13. The smallest absolute Gasteiger partial charge is 0.430 e. The van der Waals surface area contributed by atoms with E-state index in [1.54, 1.807) is 0 Å². The summed E-state index contributed by atoms with van der Waals surface area (Å²) in [7, 11) is -3.75. The van der Waals surface area contributed by atoms with Crippen molar-refractivity contribution in [1.82, 2.24) is 0 Å². The Balaban J connectivity index is 1.71. The number of ether oxygens (including phenoxy) is 4. The number of rotatable bonds is 2. The molecule has 0 saturated carbocycles. The summed E-state index contributed by atoms with van der Waals surface area (Å²) in [6.45, 7) is -1.31. The fourth-order valence-corrected chi connectivity index (χ4v) is 4.08. The topological polar surface area (TPSA) is 118 Å². The summed E-state index contributed by atoms with van der Waals surface area (Å²) in [5.74, 6) is -0.687. The summed E-state index contributed by atoms with van der Waals surface area (Å²) in [6, 6.07) is 0. The zero-order chi connectivity index (χ0) is 14.3. The average molecular weight is 310 g/mol. The molecule has 0 aromatic rings. The fourth-order valence-electron chi connectivity index (χ4n) is 2.54. The maximum atomic E-state index is 11.8. The highest BCUT2D eigenvalue weighted by molar-refractivity contribution is 7.86. The Bertz CT molecular complexity index is 489. The van der Waals surface area contributed by atoms with Crippen LogP contribution in [0.1, 0.15) is 6.42 Å². The first-order valence-corrected chi connectivity index (χ1v) is 7.70. The van der Waals surface area contributed by atoms with Crippen LogP contribution in [0.15, 0.2) is 0 Å². The Hall–Kier alpha value is -0.940. The Labute approximate surface area is 114 Å². The molecule has 5 atom stereocenters. The van der Waals surface area contributed by atoms with Crippen molar-refractivity contribution in [2.75, 3.05) is 19.0 Å². The van der Waals surface area contributed by atoms with Crippen LogP contribution in [0.25, 0.3) is 0 Å². The van der Waals surface area contributed by atoms with Crippen molar-refractivity contribution in [2.45, 2.75) is 31.2 Å². The van der Waals surface area contributed by atoms with E-state index in [0.29, 0.717) is 6.42 Å². The van der Waals surface area contributed by atoms with E-state index in [2.05, 4.69) is 4.74 Å². The zero-order valence-electron chi connectivity index (χ0n) is 10.3. The van der Waals surface area contributed by atoms with Gasteiger partial charge in [0.05, 0.1) is 12.4 Å². The van der Waals surface area contributed by atoms with Crippen molar-refractivity contribution in [2.24, 2.45) is 5.92 Å². The van der Waals surface area contributed by atoms with Gasteiger partial charge in [-0.25, -0.2) is 4.79 Å². The van der Waals surface area contributed by atoms with E-state index in [1.165, 1.54) is 0 Å². The standard InChI is InChI=1S/C10H14O9S/c11-9-15-2-7(17-9)5-1-6(19-20(13,14)4-5)8-3-16-10(12)18-8/h5-8,10,12H,1-4H2. The number of aliphatic hydroxyl groups is 1.